The number of nitrogens with zero attached hydrogens (tertiary/aromatic N) is 2. The molecule has 114 valence electrons. The van der Waals surface area contributed by atoms with Crippen LogP contribution < -0.4 is 0 Å². The molecule has 0 bridgehead atoms. The molecule has 0 N–H and O–H groups in total. The van der Waals surface area contributed by atoms with E-state index >= 15 is 0 Å². The van der Waals surface area contributed by atoms with E-state index in [1.165, 1.54) is 0 Å². The number of hydrogen-bond donors (Lipinski definition) is 0. The second-order valence-corrected chi connectivity index (χ2v) is 6.33. The van der Waals surface area contributed by atoms with Crippen LogP contribution in [0.25, 0.3) is 0 Å². The van der Waals surface area contributed by atoms with Gasteiger partial charge in [-0.15, -0.1) is 0 Å². The largest absolute Gasteiger partial charge is 0.197 e. The van der Waals surface area contributed by atoms with E-state index in [0.29, 0.717) is 6.42 Å². The molecule has 2 aromatic carbocycles. The first-order chi connectivity index (χ1) is 11.3. The Kier molecular flexibility index (Phi) is 4.18. The highest BCUT2D eigenvalue weighted by Crippen LogP contribution is 2.54. The summed E-state index contributed by atoms with van der Waals surface area (Å²) < 4.78 is 0. The molecule has 0 unspecified atom stereocenters. The van der Waals surface area contributed by atoms with Crippen LogP contribution in [0.1, 0.15) is 43.2 Å². The first-order valence-corrected chi connectivity index (χ1v) is 8.23. The summed E-state index contributed by atoms with van der Waals surface area (Å²) in [6.07, 6.45) is 4.51. The van der Waals surface area contributed by atoms with Crippen molar-refractivity contribution in [2.24, 2.45) is 5.41 Å². The smallest absolute Gasteiger partial charge is 0.157 e. The molecular formula is C21H20N2. The summed E-state index contributed by atoms with van der Waals surface area (Å²) in [5.74, 6) is 0. The van der Waals surface area contributed by atoms with E-state index in [2.05, 4.69) is 36.4 Å². The zero-order chi connectivity index (χ0) is 16.2. The van der Waals surface area contributed by atoms with Gasteiger partial charge in [-0.2, -0.15) is 10.5 Å². The molecule has 0 saturated heterocycles. The maximum Gasteiger partial charge on any atom is 0.157 e. The standard InChI is InChI=1S/C21H20N2/c22-16-20(17-23)14-8-3-9-15-21(20,18-10-4-1-5-11-18)19-12-6-2-7-13-19/h1-2,4-7,10-13H,3,8-9,14-15H2. The van der Waals surface area contributed by atoms with Crippen LogP contribution >= 0.6 is 0 Å². The molecule has 0 radical (unpaired) electrons. The molecule has 1 aliphatic rings. The molecule has 0 aromatic heterocycles. The van der Waals surface area contributed by atoms with Crippen molar-refractivity contribution in [2.75, 3.05) is 0 Å². The molecule has 0 spiro atoms. The van der Waals surface area contributed by atoms with Gasteiger partial charge in [-0.25, -0.2) is 0 Å². The minimum atomic E-state index is -1.02. The van der Waals surface area contributed by atoms with E-state index in [1.54, 1.807) is 0 Å². The van der Waals surface area contributed by atoms with Crippen molar-refractivity contribution in [3.63, 3.8) is 0 Å². The fraction of sp³-hybridized carbons (Fsp3) is 0.333. The van der Waals surface area contributed by atoms with Crippen molar-refractivity contribution in [1.82, 2.24) is 0 Å². The molecule has 0 amide bonds. The SMILES string of the molecule is N#CC1(C#N)CCCCCC1(c1ccccc1)c1ccccc1. The van der Waals surface area contributed by atoms with E-state index in [0.717, 1.165) is 36.8 Å². The Bertz CT molecular complexity index is 681. The Labute approximate surface area is 138 Å². The van der Waals surface area contributed by atoms with Crippen LogP contribution in [-0.4, -0.2) is 0 Å². The lowest BCUT2D eigenvalue weighted by Gasteiger charge is -2.43. The maximum atomic E-state index is 10.1. The quantitative estimate of drug-likeness (QED) is 0.735. The Hall–Kier alpha value is -2.58. The number of hydrogen-bond acceptors (Lipinski definition) is 2. The Morgan fingerprint density at radius 1 is 0.652 bits per heavy atom. The summed E-state index contributed by atoms with van der Waals surface area (Å²) in [6, 6.07) is 25.1. The summed E-state index contributed by atoms with van der Waals surface area (Å²) in [5, 5.41) is 20.1. The Morgan fingerprint density at radius 3 is 1.61 bits per heavy atom. The van der Waals surface area contributed by atoms with E-state index in [1.807, 2.05) is 36.4 Å². The predicted octanol–water partition coefficient (Wildman–Crippen LogP) is 4.97. The van der Waals surface area contributed by atoms with Crippen molar-refractivity contribution >= 4 is 0 Å². The van der Waals surface area contributed by atoms with Gasteiger partial charge >= 0.3 is 0 Å². The average Bonchev–Trinajstić information content (AvgIpc) is 2.83. The van der Waals surface area contributed by atoms with Gasteiger partial charge in [0.25, 0.3) is 0 Å². The normalized spacial score (nSPS) is 19.0. The van der Waals surface area contributed by atoms with Crippen LogP contribution in [0.4, 0.5) is 0 Å². The minimum Gasteiger partial charge on any atom is -0.197 e. The van der Waals surface area contributed by atoms with Crippen LogP contribution in [0, 0.1) is 28.1 Å². The van der Waals surface area contributed by atoms with Crippen LogP contribution in [0.2, 0.25) is 0 Å². The number of rotatable bonds is 2. The summed E-state index contributed by atoms with van der Waals surface area (Å²) >= 11 is 0. The van der Waals surface area contributed by atoms with Gasteiger partial charge in [0.15, 0.2) is 5.41 Å². The third-order valence-corrected chi connectivity index (χ3v) is 5.25. The van der Waals surface area contributed by atoms with Gasteiger partial charge in [-0.1, -0.05) is 79.9 Å². The molecule has 23 heavy (non-hydrogen) atoms. The van der Waals surface area contributed by atoms with Gasteiger partial charge in [0.2, 0.25) is 0 Å². The summed E-state index contributed by atoms with van der Waals surface area (Å²) in [6.45, 7) is 0. The average molecular weight is 300 g/mol. The topological polar surface area (TPSA) is 47.6 Å². The Morgan fingerprint density at radius 2 is 1.13 bits per heavy atom. The highest BCUT2D eigenvalue weighted by molar-refractivity contribution is 5.48. The van der Waals surface area contributed by atoms with Gasteiger partial charge in [0.05, 0.1) is 17.6 Å². The van der Waals surface area contributed by atoms with E-state index in [-0.39, 0.29) is 0 Å². The zero-order valence-electron chi connectivity index (χ0n) is 13.2. The molecule has 3 rings (SSSR count). The highest BCUT2D eigenvalue weighted by atomic mass is 14.6. The zero-order valence-corrected chi connectivity index (χ0v) is 13.2. The second-order valence-electron chi connectivity index (χ2n) is 6.33. The molecule has 0 aliphatic heterocycles. The van der Waals surface area contributed by atoms with Crippen LogP contribution in [0.3, 0.4) is 0 Å². The molecule has 1 fully saturated rings. The molecule has 0 atom stereocenters. The van der Waals surface area contributed by atoms with Crippen molar-refractivity contribution in [1.29, 1.82) is 10.5 Å². The van der Waals surface area contributed by atoms with E-state index in [4.69, 9.17) is 0 Å². The fourth-order valence-corrected chi connectivity index (χ4v) is 4.11. The van der Waals surface area contributed by atoms with Crippen molar-refractivity contribution in [2.45, 2.75) is 37.5 Å². The predicted molar refractivity (Wildman–Crippen MR) is 90.4 cm³/mol. The summed E-state index contributed by atoms with van der Waals surface area (Å²) in [4.78, 5) is 0. The Balaban J connectivity index is 2.35. The van der Waals surface area contributed by atoms with Crippen LogP contribution in [-0.2, 0) is 5.41 Å². The van der Waals surface area contributed by atoms with Gasteiger partial charge in [0, 0.05) is 0 Å². The first kappa shape index (κ1) is 15.3. The molecule has 0 heterocycles. The molecular weight excluding hydrogens is 280 g/mol. The lowest BCUT2D eigenvalue weighted by molar-refractivity contribution is 0.282. The molecule has 2 nitrogen and oxygen atoms in total. The van der Waals surface area contributed by atoms with Crippen molar-refractivity contribution in [3.05, 3.63) is 71.8 Å². The van der Waals surface area contributed by atoms with Crippen molar-refractivity contribution < 1.29 is 0 Å². The van der Waals surface area contributed by atoms with E-state index < -0.39 is 10.8 Å². The van der Waals surface area contributed by atoms with Crippen LogP contribution in [0.5, 0.6) is 0 Å². The first-order valence-electron chi connectivity index (χ1n) is 8.23. The number of benzene rings is 2. The van der Waals surface area contributed by atoms with Crippen LogP contribution in [0.15, 0.2) is 60.7 Å². The molecule has 1 aliphatic carbocycles. The van der Waals surface area contributed by atoms with Crippen molar-refractivity contribution in [3.8, 4) is 12.1 Å². The molecule has 2 aromatic rings. The second kappa shape index (κ2) is 6.27. The van der Waals surface area contributed by atoms with E-state index in [9.17, 15) is 10.5 Å². The van der Waals surface area contributed by atoms with Gasteiger partial charge in [0.1, 0.15) is 0 Å². The third kappa shape index (κ3) is 2.32. The third-order valence-electron chi connectivity index (χ3n) is 5.25. The monoisotopic (exact) mass is 300 g/mol. The van der Waals surface area contributed by atoms with Gasteiger partial charge < -0.3 is 0 Å². The minimum absolute atomic E-state index is 0.560. The van der Waals surface area contributed by atoms with Gasteiger partial charge in [-0.3, -0.25) is 0 Å². The lowest BCUT2D eigenvalue weighted by Crippen LogP contribution is -2.44. The highest BCUT2D eigenvalue weighted by Gasteiger charge is 2.54. The fourth-order valence-electron chi connectivity index (χ4n) is 4.11. The number of nitriles is 2. The lowest BCUT2D eigenvalue weighted by atomic mass is 9.55. The molecule has 1 saturated carbocycles. The summed E-state index contributed by atoms with van der Waals surface area (Å²) in [7, 11) is 0. The molecule has 2 heteroatoms. The van der Waals surface area contributed by atoms with Gasteiger partial charge in [-0.05, 0) is 24.0 Å². The summed E-state index contributed by atoms with van der Waals surface area (Å²) in [5.41, 5.74) is 0.578. The maximum absolute atomic E-state index is 10.1.